The molecule has 2 aromatic carbocycles. The molecule has 146 valence electrons. The summed E-state index contributed by atoms with van der Waals surface area (Å²) >= 11 is 1.27. The number of halogens is 1. The van der Waals surface area contributed by atoms with Crippen LogP contribution in [0, 0.1) is 12.7 Å². The predicted molar refractivity (Wildman–Crippen MR) is 107 cm³/mol. The van der Waals surface area contributed by atoms with Crippen LogP contribution in [0.1, 0.15) is 32.5 Å². The minimum Gasteiger partial charge on any atom is -0.300 e. The molecule has 0 fully saturated rings. The van der Waals surface area contributed by atoms with Crippen molar-refractivity contribution in [3.05, 3.63) is 70.4 Å². The lowest BCUT2D eigenvalue weighted by atomic mass is 10.1. The highest BCUT2D eigenvalue weighted by atomic mass is 32.1. The molecule has 1 aliphatic rings. The number of carbonyl (C=O) groups is 3. The average molecular weight is 409 g/mol. The summed E-state index contributed by atoms with van der Waals surface area (Å²) in [5.74, 6) is -1.84. The third-order valence-corrected chi connectivity index (χ3v) is 5.62. The van der Waals surface area contributed by atoms with E-state index < -0.39 is 23.8 Å². The maximum Gasteiger partial charge on any atom is 0.262 e. The van der Waals surface area contributed by atoms with Gasteiger partial charge in [-0.25, -0.2) is 9.37 Å². The van der Waals surface area contributed by atoms with E-state index in [9.17, 15) is 18.8 Å². The third-order valence-electron chi connectivity index (χ3n) is 4.74. The van der Waals surface area contributed by atoms with Crippen LogP contribution in [-0.4, -0.2) is 33.6 Å². The number of thiazole rings is 1. The molecule has 29 heavy (non-hydrogen) atoms. The van der Waals surface area contributed by atoms with Crippen LogP contribution >= 0.6 is 11.3 Å². The Morgan fingerprint density at radius 3 is 2.24 bits per heavy atom. The molecule has 2 heterocycles. The smallest absolute Gasteiger partial charge is 0.262 e. The number of hydrogen-bond donors (Lipinski definition) is 1. The molecule has 3 aromatic rings. The number of aryl methyl sites for hydroxylation is 1. The number of aromatic nitrogens is 1. The number of carbonyl (C=O) groups excluding carboxylic acids is 3. The Morgan fingerprint density at radius 2 is 1.66 bits per heavy atom. The van der Waals surface area contributed by atoms with E-state index in [2.05, 4.69) is 10.3 Å². The zero-order chi connectivity index (χ0) is 20.7. The Kier molecular flexibility index (Phi) is 4.71. The molecule has 1 N–H and O–H groups in total. The van der Waals surface area contributed by atoms with E-state index in [1.54, 1.807) is 36.4 Å². The fraction of sp³-hybridized carbons (Fsp3) is 0.143. The summed E-state index contributed by atoms with van der Waals surface area (Å²) in [7, 11) is 0. The van der Waals surface area contributed by atoms with E-state index in [4.69, 9.17) is 0 Å². The number of benzene rings is 2. The van der Waals surface area contributed by atoms with Gasteiger partial charge in [0.2, 0.25) is 5.91 Å². The van der Waals surface area contributed by atoms with Crippen LogP contribution in [0.25, 0.3) is 11.3 Å². The minimum absolute atomic E-state index is 0.292. The van der Waals surface area contributed by atoms with Crippen molar-refractivity contribution in [2.24, 2.45) is 0 Å². The number of anilines is 1. The fourth-order valence-corrected chi connectivity index (χ4v) is 4.05. The van der Waals surface area contributed by atoms with Crippen molar-refractivity contribution >= 4 is 34.2 Å². The molecular formula is C21H16FN3O3S. The number of imide groups is 1. The summed E-state index contributed by atoms with van der Waals surface area (Å²) in [4.78, 5) is 44.0. The number of fused-ring (bicyclic) bond motifs is 1. The van der Waals surface area contributed by atoms with Gasteiger partial charge in [0.05, 0.1) is 16.8 Å². The van der Waals surface area contributed by atoms with Crippen LogP contribution in [0.4, 0.5) is 9.52 Å². The van der Waals surface area contributed by atoms with E-state index in [1.807, 2.05) is 6.92 Å². The van der Waals surface area contributed by atoms with E-state index in [0.29, 0.717) is 22.0 Å². The summed E-state index contributed by atoms with van der Waals surface area (Å²) in [5, 5.41) is 3.02. The van der Waals surface area contributed by atoms with Gasteiger partial charge >= 0.3 is 0 Å². The number of rotatable bonds is 4. The lowest BCUT2D eigenvalue weighted by molar-refractivity contribution is -0.119. The molecule has 1 aliphatic heterocycles. The summed E-state index contributed by atoms with van der Waals surface area (Å²) in [6, 6.07) is 11.4. The first-order chi connectivity index (χ1) is 13.9. The van der Waals surface area contributed by atoms with Gasteiger partial charge in [-0.2, -0.15) is 0 Å². The number of nitrogens with one attached hydrogen (secondary N) is 1. The average Bonchev–Trinajstić information content (AvgIpc) is 3.19. The lowest BCUT2D eigenvalue weighted by Gasteiger charge is -2.21. The zero-order valence-electron chi connectivity index (χ0n) is 15.6. The second-order valence-electron chi connectivity index (χ2n) is 6.62. The van der Waals surface area contributed by atoms with Crippen molar-refractivity contribution in [1.82, 2.24) is 9.88 Å². The number of nitrogens with zero attached hydrogens (tertiary/aromatic N) is 2. The summed E-state index contributed by atoms with van der Waals surface area (Å²) in [5.41, 5.74) is 1.95. The molecule has 6 nitrogen and oxygen atoms in total. The second kappa shape index (κ2) is 7.21. The van der Waals surface area contributed by atoms with Crippen molar-refractivity contribution in [3.8, 4) is 11.3 Å². The Bertz CT molecular complexity index is 1110. The normalized spacial score (nSPS) is 14.1. The predicted octanol–water partition coefficient (Wildman–Crippen LogP) is 3.88. The molecule has 0 bridgehead atoms. The van der Waals surface area contributed by atoms with Crippen LogP contribution in [0.15, 0.2) is 48.5 Å². The molecule has 1 aromatic heterocycles. The first-order valence-corrected chi connectivity index (χ1v) is 9.69. The standard InChI is InChI=1S/C21H16FN3O3S/c1-11(25-19(27)15-5-3-4-6-16(15)20(25)28)18(26)24-21-23-17(12(2)29-21)13-7-9-14(22)10-8-13/h3-11H,1-2H3,(H,23,24,26). The number of hydrogen-bond acceptors (Lipinski definition) is 5. The van der Waals surface area contributed by atoms with Gasteiger partial charge in [-0.1, -0.05) is 12.1 Å². The number of amides is 3. The lowest BCUT2D eigenvalue weighted by Crippen LogP contribution is -2.45. The van der Waals surface area contributed by atoms with Crippen LogP contribution in [0.2, 0.25) is 0 Å². The first kappa shape index (κ1) is 18.9. The highest BCUT2D eigenvalue weighted by Crippen LogP contribution is 2.31. The van der Waals surface area contributed by atoms with Gasteiger partial charge < -0.3 is 5.32 Å². The summed E-state index contributed by atoms with van der Waals surface area (Å²) in [6.07, 6.45) is 0. The minimum atomic E-state index is -0.999. The van der Waals surface area contributed by atoms with E-state index in [0.717, 1.165) is 15.3 Å². The second-order valence-corrected chi connectivity index (χ2v) is 7.83. The van der Waals surface area contributed by atoms with E-state index in [1.165, 1.54) is 30.4 Å². The van der Waals surface area contributed by atoms with Gasteiger partial charge in [0.1, 0.15) is 11.9 Å². The molecule has 0 radical (unpaired) electrons. The Hall–Kier alpha value is -3.39. The third kappa shape index (κ3) is 3.31. The quantitative estimate of drug-likeness (QED) is 0.663. The van der Waals surface area contributed by atoms with Crippen LogP contribution in [-0.2, 0) is 4.79 Å². The van der Waals surface area contributed by atoms with Crippen molar-refractivity contribution < 1.29 is 18.8 Å². The maximum atomic E-state index is 13.1. The molecule has 8 heteroatoms. The van der Waals surface area contributed by atoms with Crippen molar-refractivity contribution in [2.75, 3.05) is 5.32 Å². The van der Waals surface area contributed by atoms with Crippen molar-refractivity contribution in [2.45, 2.75) is 19.9 Å². The highest BCUT2D eigenvalue weighted by Gasteiger charge is 2.40. The Morgan fingerprint density at radius 1 is 1.07 bits per heavy atom. The molecule has 0 spiro atoms. The molecule has 1 unspecified atom stereocenters. The van der Waals surface area contributed by atoms with E-state index >= 15 is 0 Å². The van der Waals surface area contributed by atoms with Gasteiger partial charge in [0.25, 0.3) is 11.8 Å². The topological polar surface area (TPSA) is 79.4 Å². The van der Waals surface area contributed by atoms with Crippen LogP contribution < -0.4 is 5.32 Å². The molecule has 1 atom stereocenters. The molecule has 0 aliphatic carbocycles. The van der Waals surface area contributed by atoms with Crippen molar-refractivity contribution in [1.29, 1.82) is 0 Å². The summed E-state index contributed by atoms with van der Waals surface area (Å²) < 4.78 is 13.1. The van der Waals surface area contributed by atoms with Crippen molar-refractivity contribution in [3.63, 3.8) is 0 Å². The fourth-order valence-electron chi connectivity index (χ4n) is 3.21. The van der Waals surface area contributed by atoms with Gasteiger partial charge in [-0.15, -0.1) is 11.3 Å². The Balaban J connectivity index is 1.53. The molecule has 0 saturated heterocycles. The molecular weight excluding hydrogens is 393 g/mol. The summed E-state index contributed by atoms with van der Waals surface area (Å²) in [6.45, 7) is 3.35. The zero-order valence-corrected chi connectivity index (χ0v) is 16.4. The first-order valence-electron chi connectivity index (χ1n) is 8.88. The van der Waals surface area contributed by atoms with Gasteiger partial charge in [-0.3, -0.25) is 19.3 Å². The van der Waals surface area contributed by atoms with Crippen LogP contribution in [0.3, 0.4) is 0 Å². The van der Waals surface area contributed by atoms with Gasteiger partial charge in [0, 0.05) is 10.4 Å². The SMILES string of the molecule is Cc1sc(NC(=O)C(C)N2C(=O)c3ccccc3C2=O)nc1-c1ccc(F)cc1. The highest BCUT2D eigenvalue weighted by molar-refractivity contribution is 7.16. The maximum absolute atomic E-state index is 13.1. The molecule has 0 saturated carbocycles. The Labute approximate surface area is 170 Å². The van der Waals surface area contributed by atoms with E-state index in [-0.39, 0.29) is 5.82 Å². The van der Waals surface area contributed by atoms with Crippen LogP contribution in [0.5, 0.6) is 0 Å². The molecule has 4 rings (SSSR count). The van der Waals surface area contributed by atoms with Gasteiger partial charge in [-0.05, 0) is 50.2 Å². The molecule has 3 amide bonds. The monoisotopic (exact) mass is 409 g/mol. The largest absolute Gasteiger partial charge is 0.300 e. The van der Waals surface area contributed by atoms with Gasteiger partial charge in [0.15, 0.2) is 5.13 Å².